The number of unbranched alkanes of at least 4 members (excludes halogenated alkanes) is 2. The zero-order chi connectivity index (χ0) is 36.2. The SMILES string of the molecule is C=C(C)C(=O)Oc1cc(-c2ccc(C3CCC(CCCCC)CC3)cc2F)cc(-c2ccc(OC(=O)C(C)=O)c(OCCO)c2)c1OCCO. The van der Waals surface area contributed by atoms with Gasteiger partial charge >= 0.3 is 11.9 Å². The molecule has 4 rings (SSSR count). The normalized spacial score (nSPS) is 15.6. The molecule has 3 aromatic carbocycles. The van der Waals surface area contributed by atoms with Gasteiger partial charge in [0.05, 0.1) is 13.2 Å². The van der Waals surface area contributed by atoms with Crippen molar-refractivity contribution in [3.05, 3.63) is 72.1 Å². The van der Waals surface area contributed by atoms with Gasteiger partial charge in [0.15, 0.2) is 23.0 Å². The highest BCUT2D eigenvalue weighted by atomic mass is 19.1. The van der Waals surface area contributed by atoms with Crippen molar-refractivity contribution in [2.24, 2.45) is 5.92 Å². The van der Waals surface area contributed by atoms with Crippen molar-refractivity contribution in [1.82, 2.24) is 0 Å². The Morgan fingerprint density at radius 1 is 0.780 bits per heavy atom. The molecule has 0 saturated heterocycles. The minimum Gasteiger partial charge on any atom is -0.487 e. The van der Waals surface area contributed by atoms with Crippen molar-refractivity contribution in [3.8, 4) is 45.3 Å². The van der Waals surface area contributed by atoms with E-state index in [9.17, 15) is 24.6 Å². The Kier molecular flexibility index (Phi) is 14.1. The standard InChI is InChI=1S/C40H47FO9/c1-5-6-7-8-27-9-11-28(12-10-27)29-13-15-32(34(41)22-29)31-21-33(38(48-20-18-43)37(24-31)50-39(45)25(2)3)30-14-16-35(49-40(46)26(4)44)36(23-30)47-19-17-42/h13-16,21-24,27-28,42-43H,2,5-12,17-20H2,1,3-4H3. The molecular formula is C40H47FO9. The van der Waals surface area contributed by atoms with Crippen LogP contribution in [0.15, 0.2) is 60.7 Å². The number of benzene rings is 3. The average molecular weight is 691 g/mol. The first-order valence-electron chi connectivity index (χ1n) is 17.3. The van der Waals surface area contributed by atoms with Crippen LogP contribution in [-0.2, 0) is 14.4 Å². The minimum atomic E-state index is -1.10. The van der Waals surface area contributed by atoms with E-state index in [1.54, 1.807) is 24.3 Å². The smallest absolute Gasteiger partial charge is 0.379 e. The third kappa shape index (κ3) is 10.0. The van der Waals surface area contributed by atoms with Gasteiger partial charge in [-0.15, -0.1) is 0 Å². The molecule has 10 heteroatoms. The average Bonchev–Trinajstić information content (AvgIpc) is 3.10. The molecule has 0 heterocycles. The molecule has 0 aromatic heterocycles. The number of ether oxygens (including phenoxy) is 4. The summed E-state index contributed by atoms with van der Waals surface area (Å²) in [5.74, 6) is -2.07. The second kappa shape index (κ2) is 18.5. The van der Waals surface area contributed by atoms with E-state index in [0.29, 0.717) is 16.7 Å². The van der Waals surface area contributed by atoms with Crippen molar-refractivity contribution >= 4 is 17.7 Å². The number of carbonyl (C=O) groups is 3. The molecule has 50 heavy (non-hydrogen) atoms. The van der Waals surface area contributed by atoms with Crippen molar-refractivity contribution < 1.29 is 47.9 Å². The summed E-state index contributed by atoms with van der Waals surface area (Å²) in [4.78, 5) is 36.4. The summed E-state index contributed by atoms with van der Waals surface area (Å²) in [6, 6.07) is 12.9. The van der Waals surface area contributed by atoms with Gasteiger partial charge in [0.25, 0.3) is 0 Å². The molecule has 1 fully saturated rings. The molecule has 1 saturated carbocycles. The lowest BCUT2D eigenvalue weighted by Crippen LogP contribution is -2.17. The third-order valence-electron chi connectivity index (χ3n) is 8.88. The largest absolute Gasteiger partial charge is 0.487 e. The Labute approximate surface area is 293 Å². The maximum Gasteiger partial charge on any atom is 0.379 e. The number of aliphatic hydroxyl groups is 2. The summed E-state index contributed by atoms with van der Waals surface area (Å²) in [5.41, 5.74) is 2.48. The number of carbonyl (C=O) groups excluding carboxylic acids is 3. The highest BCUT2D eigenvalue weighted by Crippen LogP contribution is 2.46. The van der Waals surface area contributed by atoms with Crippen molar-refractivity contribution in [1.29, 1.82) is 0 Å². The fraction of sp³-hybridized carbons (Fsp3) is 0.425. The molecular weight excluding hydrogens is 643 g/mol. The van der Waals surface area contributed by atoms with E-state index in [4.69, 9.17) is 18.9 Å². The third-order valence-corrected chi connectivity index (χ3v) is 8.88. The molecule has 0 atom stereocenters. The fourth-order valence-electron chi connectivity index (χ4n) is 6.22. The molecule has 0 radical (unpaired) electrons. The molecule has 1 aliphatic carbocycles. The van der Waals surface area contributed by atoms with E-state index in [1.165, 1.54) is 50.8 Å². The molecule has 1 aliphatic rings. The van der Waals surface area contributed by atoms with Crippen LogP contribution >= 0.6 is 0 Å². The quantitative estimate of drug-likeness (QED) is 0.0481. The Morgan fingerprint density at radius 3 is 2.10 bits per heavy atom. The Morgan fingerprint density at radius 2 is 1.46 bits per heavy atom. The summed E-state index contributed by atoms with van der Waals surface area (Å²) in [6.45, 7) is 7.43. The number of ketones is 1. The van der Waals surface area contributed by atoms with E-state index in [0.717, 1.165) is 44.1 Å². The lowest BCUT2D eigenvalue weighted by molar-refractivity contribution is -0.146. The maximum absolute atomic E-state index is 16.1. The van der Waals surface area contributed by atoms with Crippen LogP contribution in [0.2, 0.25) is 0 Å². The number of esters is 2. The van der Waals surface area contributed by atoms with Crippen LogP contribution in [0, 0.1) is 11.7 Å². The van der Waals surface area contributed by atoms with E-state index >= 15 is 4.39 Å². The maximum atomic E-state index is 16.1. The number of aliphatic hydroxyl groups excluding tert-OH is 2. The van der Waals surface area contributed by atoms with Crippen molar-refractivity contribution in [2.45, 2.75) is 78.1 Å². The van der Waals surface area contributed by atoms with Gasteiger partial charge in [-0.3, -0.25) is 4.79 Å². The lowest BCUT2D eigenvalue weighted by atomic mass is 9.77. The van der Waals surface area contributed by atoms with Gasteiger partial charge in [0.1, 0.15) is 19.0 Å². The van der Waals surface area contributed by atoms with Gasteiger partial charge in [0.2, 0.25) is 5.78 Å². The van der Waals surface area contributed by atoms with E-state index < -0.39 is 23.5 Å². The van der Waals surface area contributed by atoms with Crippen LogP contribution in [-0.4, -0.2) is 54.4 Å². The number of Topliss-reactive ketones (excluding diaryl/α,β-unsaturated/α-hetero) is 1. The summed E-state index contributed by atoms with van der Waals surface area (Å²) < 4.78 is 38.5. The summed E-state index contributed by atoms with van der Waals surface area (Å²) in [5, 5.41) is 19.0. The zero-order valence-corrected chi connectivity index (χ0v) is 29.1. The number of hydrogen-bond acceptors (Lipinski definition) is 9. The summed E-state index contributed by atoms with van der Waals surface area (Å²) in [6.07, 6.45) is 9.33. The molecule has 2 N–H and O–H groups in total. The fourth-order valence-corrected chi connectivity index (χ4v) is 6.22. The van der Waals surface area contributed by atoms with Gasteiger partial charge in [0, 0.05) is 23.6 Å². The van der Waals surface area contributed by atoms with Crippen molar-refractivity contribution in [3.63, 3.8) is 0 Å². The molecule has 0 unspecified atom stereocenters. The molecule has 0 bridgehead atoms. The van der Waals surface area contributed by atoms with Crippen LogP contribution in [0.1, 0.15) is 83.6 Å². The number of hydrogen-bond donors (Lipinski definition) is 2. The first-order chi connectivity index (χ1) is 24.1. The van der Waals surface area contributed by atoms with Crippen LogP contribution in [0.4, 0.5) is 4.39 Å². The van der Waals surface area contributed by atoms with Gasteiger partial charge in [-0.2, -0.15) is 0 Å². The Bertz CT molecular complexity index is 1670. The molecule has 0 aliphatic heterocycles. The molecule has 9 nitrogen and oxygen atoms in total. The van der Waals surface area contributed by atoms with Crippen LogP contribution in [0.25, 0.3) is 22.3 Å². The summed E-state index contributed by atoms with van der Waals surface area (Å²) in [7, 11) is 0. The molecule has 3 aromatic rings. The molecule has 0 spiro atoms. The number of rotatable bonds is 17. The molecule has 268 valence electrons. The number of halogens is 1. The van der Waals surface area contributed by atoms with Crippen LogP contribution in [0.5, 0.6) is 23.0 Å². The highest BCUT2D eigenvalue weighted by Gasteiger charge is 2.25. The van der Waals surface area contributed by atoms with E-state index in [2.05, 4.69) is 13.5 Å². The topological polar surface area (TPSA) is 129 Å². The molecule has 0 amide bonds. The van der Waals surface area contributed by atoms with Crippen LogP contribution < -0.4 is 18.9 Å². The predicted octanol–water partition coefficient (Wildman–Crippen LogP) is 7.73. The van der Waals surface area contributed by atoms with Gasteiger partial charge in [-0.05, 0) is 91.5 Å². The predicted molar refractivity (Wildman–Crippen MR) is 188 cm³/mol. The monoisotopic (exact) mass is 690 g/mol. The summed E-state index contributed by atoms with van der Waals surface area (Å²) >= 11 is 0. The van der Waals surface area contributed by atoms with Gasteiger partial charge in [-0.1, -0.05) is 57.4 Å². The minimum absolute atomic E-state index is 0.0285. The first-order valence-corrected chi connectivity index (χ1v) is 17.3. The van der Waals surface area contributed by atoms with Crippen molar-refractivity contribution in [2.75, 3.05) is 26.4 Å². The lowest BCUT2D eigenvalue weighted by Gasteiger charge is -2.29. The van der Waals surface area contributed by atoms with E-state index in [-0.39, 0.29) is 66.5 Å². The van der Waals surface area contributed by atoms with Gasteiger partial charge < -0.3 is 29.2 Å². The van der Waals surface area contributed by atoms with Crippen LogP contribution in [0.3, 0.4) is 0 Å². The highest BCUT2D eigenvalue weighted by molar-refractivity contribution is 6.33. The Hall–Kier alpha value is -4.54. The second-order valence-corrected chi connectivity index (χ2v) is 12.7. The van der Waals surface area contributed by atoms with Gasteiger partial charge in [-0.25, -0.2) is 14.0 Å². The van der Waals surface area contributed by atoms with E-state index in [1.807, 2.05) is 6.07 Å². The second-order valence-electron chi connectivity index (χ2n) is 12.7. The zero-order valence-electron chi connectivity index (χ0n) is 29.1. The Balaban J connectivity index is 1.78. The first kappa shape index (κ1) is 38.3.